The third-order valence-electron chi connectivity index (χ3n) is 3.18. The highest BCUT2D eigenvalue weighted by Crippen LogP contribution is 2.33. The van der Waals surface area contributed by atoms with Crippen molar-refractivity contribution in [2.45, 2.75) is 0 Å². The van der Waals surface area contributed by atoms with E-state index in [0.29, 0.717) is 5.13 Å². The molecule has 3 rings (SSSR count). The maximum atomic E-state index is 10.9. The van der Waals surface area contributed by atoms with Crippen LogP contribution in [0.3, 0.4) is 0 Å². The first kappa shape index (κ1) is 15.7. The number of methoxy groups -OCH3 is 1. The van der Waals surface area contributed by atoms with Crippen LogP contribution in [-0.2, 0) is 0 Å². The van der Waals surface area contributed by atoms with Crippen LogP contribution < -0.4 is 10.2 Å². The Kier molecular flexibility index (Phi) is 4.25. The van der Waals surface area contributed by atoms with Crippen molar-refractivity contribution in [2.24, 2.45) is 5.10 Å². The summed E-state index contributed by atoms with van der Waals surface area (Å²) in [5.74, 6) is -0.219. The second-order valence-electron chi connectivity index (χ2n) is 4.70. The van der Waals surface area contributed by atoms with Crippen LogP contribution in [0.2, 0.25) is 0 Å². The molecular formula is C15H12N4O4S. The first-order chi connectivity index (χ1) is 11.6. The molecule has 0 saturated carbocycles. The number of ether oxygens (including phenoxy) is 1. The number of anilines is 1. The van der Waals surface area contributed by atoms with E-state index >= 15 is 0 Å². The lowest BCUT2D eigenvalue weighted by Gasteiger charge is -2.05. The van der Waals surface area contributed by atoms with E-state index in [1.165, 1.54) is 30.7 Å². The van der Waals surface area contributed by atoms with E-state index in [9.17, 15) is 15.2 Å². The number of phenolic OH excluding ortho intramolecular Hbond substituents is 1. The Labute approximate surface area is 140 Å². The molecule has 0 saturated heterocycles. The number of hydrogen-bond donors (Lipinski definition) is 2. The summed E-state index contributed by atoms with van der Waals surface area (Å²) in [5, 5.41) is 25.5. The molecule has 0 aliphatic heterocycles. The van der Waals surface area contributed by atoms with Crippen molar-refractivity contribution < 1.29 is 14.8 Å². The molecule has 0 unspecified atom stereocenters. The molecule has 2 N–H and O–H groups in total. The van der Waals surface area contributed by atoms with Crippen LogP contribution in [0.25, 0.3) is 10.2 Å². The highest BCUT2D eigenvalue weighted by Gasteiger charge is 2.15. The predicted octanol–water partition coefficient (Wildman–Crippen LogP) is 3.36. The topological polar surface area (TPSA) is 110 Å². The highest BCUT2D eigenvalue weighted by molar-refractivity contribution is 7.22. The van der Waals surface area contributed by atoms with Gasteiger partial charge < -0.3 is 9.84 Å². The highest BCUT2D eigenvalue weighted by atomic mass is 32.1. The summed E-state index contributed by atoms with van der Waals surface area (Å²) in [6.07, 6.45) is 1.27. The standard InChI is InChI=1S/C15H12N4O4S/c1-23-12-7-10(19(21)22)6-9(14(12)20)8-16-18-15-17-11-4-2-3-5-13(11)24-15/h2-8,20H,1H3,(H,17,18)/b16-8-. The molecule has 0 aliphatic rings. The van der Waals surface area contributed by atoms with Crippen LogP contribution in [0, 0.1) is 10.1 Å². The van der Waals surface area contributed by atoms with Crippen molar-refractivity contribution in [3.8, 4) is 11.5 Å². The smallest absolute Gasteiger partial charge is 0.274 e. The number of nitro benzene ring substituents is 1. The number of rotatable bonds is 5. The molecule has 0 fully saturated rings. The van der Waals surface area contributed by atoms with Crippen molar-refractivity contribution >= 4 is 38.6 Å². The van der Waals surface area contributed by atoms with E-state index in [0.717, 1.165) is 16.3 Å². The summed E-state index contributed by atoms with van der Waals surface area (Å²) >= 11 is 1.42. The largest absolute Gasteiger partial charge is 0.504 e. The summed E-state index contributed by atoms with van der Waals surface area (Å²) in [6.45, 7) is 0. The lowest BCUT2D eigenvalue weighted by Crippen LogP contribution is -1.96. The Bertz CT molecular complexity index is 905. The summed E-state index contributed by atoms with van der Waals surface area (Å²) in [7, 11) is 1.32. The zero-order valence-corrected chi connectivity index (χ0v) is 13.3. The molecule has 1 aromatic heterocycles. The van der Waals surface area contributed by atoms with Gasteiger partial charge in [-0.2, -0.15) is 5.10 Å². The molecule has 122 valence electrons. The number of nitrogens with zero attached hydrogens (tertiary/aromatic N) is 3. The van der Waals surface area contributed by atoms with Crippen LogP contribution in [-0.4, -0.2) is 28.3 Å². The van der Waals surface area contributed by atoms with Crippen molar-refractivity contribution in [1.29, 1.82) is 0 Å². The van der Waals surface area contributed by atoms with E-state index in [-0.39, 0.29) is 22.7 Å². The van der Waals surface area contributed by atoms with E-state index in [4.69, 9.17) is 4.74 Å². The van der Waals surface area contributed by atoms with Crippen molar-refractivity contribution in [3.05, 3.63) is 52.1 Å². The lowest BCUT2D eigenvalue weighted by atomic mass is 10.2. The third kappa shape index (κ3) is 3.10. The van der Waals surface area contributed by atoms with Crippen LogP contribution in [0.1, 0.15) is 5.56 Å². The molecule has 0 amide bonds. The van der Waals surface area contributed by atoms with Gasteiger partial charge in [0.2, 0.25) is 5.13 Å². The molecule has 1 heterocycles. The van der Waals surface area contributed by atoms with Crippen molar-refractivity contribution in [3.63, 3.8) is 0 Å². The molecule has 2 aromatic carbocycles. The predicted molar refractivity (Wildman–Crippen MR) is 92.1 cm³/mol. The monoisotopic (exact) mass is 344 g/mol. The van der Waals surface area contributed by atoms with Crippen LogP contribution >= 0.6 is 11.3 Å². The van der Waals surface area contributed by atoms with Gasteiger partial charge in [-0.15, -0.1) is 0 Å². The second kappa shape index (κ2) is 6.50. The van der Waals surface area contributed by atoms with Crippen LogP contribution in [0.15, 0.2) is 41.5 Å². The van der Waals surface area contributed by atoms with Crippen molar-refractivity contribution in [1.82, 2.24) is 4.98 Å². The van der Waals surface area contributed by atoms with Crippen LogP contribution in [0.5, 0.6) is 11.5 Å². The van der Waals surface area contributed by atoms with Gasteiger partial charge in [0.15, 0.2) is 11.5 Å². The molecule has 8 nitrogen and oxygen atoms in total. The molecular weight excluding hydrogens is 332 g/mol. The average molecular weight is 344 g/mol. The van der Waals surface area contributed by atoms with Gasteiger partial charge in [0.1, 0.15) is 0 Å². The number of aromatic nitrogens is 1. The SMILES string of the molecule is COc1cc([N+](=O)[O-])cc(/C=N\Nc2nc3ccccc3s2)c1O. The number of hydrogen-bond acceptors (Lipinski definition) is 8. The van der Waals surface area contributed by atoms with Gasteiger partial charge in [-0.05, 0) is 12.1 Å². The second-order valence-corrected chi connectivity index (χ2v) is 5.73. The molecule has 0 bridgehead atoms. The van der Waals surface area contributed by atoms with Gasteiger partial charge in [0.05, 0.1) is 34.5 Å². The normalized spacial score (nSPS) is 11.0. The third-order valence-corrected chi connectivity index (χ3v) is 4.12. The maximum Gasteiger partial charge on any atom is 0.274 e. The molecule has 9 heteroatoms. The first-order valence-corrected chi connectivity index (χ1v) is 7.60. The number of fused-ring (bicyclic) bond motifs is 1. The Morgan fingerprint density at radius 3 is 2.92 bits per heavy atom. The number of hydrazone groups is 1. The quantitative estimate of drug-likeness (QED) is 0.417. The lowest BCUT2D eigenvalue weighted by molar-refractivity contribution is -0.385. The van der Waals surface area contributed by atoms with E-state index < -0.39 is 4.92 Å². The molecule has 0 spiro atoms. The summed E-state index contributed by atoms with van der Waals surface area (Å²) in [4.78, 5) is 14.7. The van der Waals surface area contributed by atoms with Crippen molar-refractivity contribution in [2.75, 3.05) is 12.5 Å². The number of aromatic hydroxyl groups is 1. The molecule has 0 radical (unpaired) electrons. The molecule has 24 heavy (non-hydrogen) atoms. The number of benzene rings is 2. The molecule has 0 aliphatic carbocycles. The van der Waals surface area contributed by atoms with Gasteiger partial charge in [-0.3, -0.25) is 15.5 Å². The van der Waals surface area contributed by atoms with Gasteiger partial charge in [0.25, 0.3) is 5.69 Å². The summed E-state index contributed by atoms with van der Waals surface area (Å²) < 4.78 is 5.94. The number of phenols is 1. The number of thiazole rings is 1. The van der Waals surface area contributed by atoms with Gasteiger partial charge >= 0.3 is 0 Å². The fourth-order valence-electron chi connectivity index (χ4n) is 2.05. The number of non-ortho nitro benzene ring substituents is 1. The minimum atomic E-state index is -0.569. The van der Waals surface area contributed by atoms with E-state index in [1.807, 2.05) is 24.3 Å². The number of nitrogens with one attached hydrogen (secondary N) is 1. The van der Waals surface area contributed by atoms with Gasteiger partial charge in [-0.25, -0.2) is 4.98 Å². The van der Waals surface area contributed by atoms with Gasteiger partial charge in [0, 0.05) is 11.6 Å². The Morgan fingerprint density at radius 2 is 2.21 bits per heavy atom. The number of para-hydroxylation sites is 1. The average Bonchev–Trinajstić information content (AvgIpc) is 2.98. The fraction of sp³-hybridized carbons (Fsp3) is 0.0667. The van der Waals surface area contributed by atoms with Crippen LogP contribution in [0.4, 0.5) is 10.8 Å². The Hall–Kier alpha value is -3.20. The maximum absolute atomic E-state index is 10.9. The first-order valence-electron chi connectivity index (χ1n) is 6.78. The number of nitro groups is 1. The van der Waals surface area contributed by atoms with E-state index in [2.05, 4.69) is 15.5 Å². The minimum absolute atomic E-state index is 0.00522. The minimum Gasteiger partial charge on any atom is -0.504 e. The Balaban J connectivity index is 1.85. The molecule has 0 atom stereocenters. The fourth-order valence-corrected chi connectivity index (χ4v) is 2.87. The zero-order chi connectivity index (χ0) is 17.1. The zero-order valence-electron chi connectivity index (χ0n) is 12.5. The van der Waals surface area contributed by atoms with E-state index in [1.54, 1.807) is 0 Å². The summed E-state index contributed by atoms with van der Waals surface area (Å²) in [6, 6.07) is 10.00. The van der Waals surface area contributed by atoms with Gasteiger partial charge in [-0.1, -0.05) is 23.5 Å². The Morgan fingerprint density at radius 1 is 1.42 bits per heavy atom. The molecule has 3 aromatic rings. The summed E-state index contributed by atoms with van der Waals surface area (Å²) in [5.41, 5.74) is 3.56.